The molecular formula is C12H13N3O5. The predicted molar refractivity (Wildman–Crippen MR) is 69.7 cm³/mol. The Labute approximate surface area is 113 Å². The van der Waals surface area contributed by atoms with Crippen molar-refractivity contribution in [3.63, 3.8) is 0 Å². The van der Waals surface area contributed by atoms with Crippen LogP contribution in [0, 0.1) is 10.1 Å². The molecule has 1 atom stereocenters. The van der Waals surface area contributed by atoms with Gasteiger partial charge in [-0.2, -0.15) is 0 Å². The van der Waals surface area contributed by atoms with Crippen molar-refractivity contribution in [3.05, 3.63) is 33.9 Å². The average Bonchev–Trinajstić information content (AvgIpc) is 2.91. The number of anilines is 1. The van der Waals surface area contributed by atoms with Crippen molar-refractivity contribution in [3.8, 4) is 0 Å². The normalized spacial score (nSPS) is 17.7. The third-order valence-electron chi connectivity index (χ3n) is 3.09. The van der Waals surface area contributed by atoms with Crippen molar-refractivity contribution in [2.24, 2.45) is 0 Å². The maximum absolute atomic E-state index is 11.9. The van der Waals surface area contributed by atoms with Gasteiger partial charge in [-0.3, -0.25) is 14.9 Å². The molecule has 20 heavy (non-hydrogen) atoms. The Morgan fingerprint density at radius 1 is 1.45 bits per heavy atom. The molecule has 1 heterocycles. The molecule has 8 heteroatoms. The molecular weight excluding hydrogens is 266 g/mol. The minimum Gasteiger partial charge on any atom is -0.477 e. The number of nitro groups is 1. The standard InChI is InChI=1S/C12H13N3O5/c16-11(8-4-2-6-13-8)14-7-3-1-5-9(15(19)20)10(7)12(17)18/h1,3,5,8,13H,2,4,6H2,(H,14,16)(H,17,18)/t8-/m0/s1. The van der Waals surface area contributed by atoms with Gasteiger partial charge in [0.1, 0.15) is 0 Å². The molecule has 1 fully saturated rings. The maximum atomic E-state index is 11.9. The molecule has 1 aliphatic heterocycles. The molecule has 0 radical (unpaired) electrons. The van der Waals surface area contributed by atoms with Crippen LogP contribution >= 0.6 is 0 Å². The Hall–Kier alpha value is -2.48. The van der Waals surface area contributed by atoms with Gasteiger partial charge < -0.3 is 15.7 Å². The van der Waals surface area contributed by atoms with Gasteiger partial charge in [-0.05, 0) is 25.5 Å². The number of carbonyl (C=O) groups excluding carboxylic acids is 1. The summed E-state index contributed by atoms with van der Waals surface area (Å²) >= 11 is 0. The lowest BCUT2D eigenvalue weighted by atomic mass is 10.1. The first-order valence-electron chi connectivity index (χ1n) is 6.05. The number of amides is 1. The first-order valence-corrected chi connectivity index (χ1v) is 6.05. The van der Waals surface area contributed by atoms with Gasteiger partial charge in [-0.15, -0.1) is 0 Å². The number of hydrogen-bond donors (Lipinski definition) is 3. The summed E-state index contributed by atoms with van der Waals surface area (Å²) in [4.78, 5) is 33.2. The number of benzene rings is 1. The predicted octanol–water partition coefficient (Wildman–Crippen LogP) is 0.983. The summed E-state index contributed by atoms with van der Waals surface area (Å²) in [5, 5.41) is 25.4. The maximum Gasteiger partial charge on any atom is 0.344 e. The number of nitrogens with one attached hydrogen (secondary N) is 2. The number of carboxylic acid groups (broad SMARTS) is 1. The second-order valence-electron chi connectivity index (χ2n) is 4.40. The zero-order valence-electron chi connectivity index (χ0n) is 10.5. The zero-order chi connectivity index (χ0) is 14.7. The number of nitro benzene ring substituents is 1. The molecule has 0 aliphatic carbocycles. The lowest BCUT2D eigenvalue weighted by Gasteiger charge is -2.12. The zero-order valence-corrected chi connectivity index (χ0v) is 10.5. The van der Waals surface area contributed by atoms with Gasteiger partial charge in [0.15, 0.2) is 5.56 Å². The smallest absolute Gasteiger partial charge is 0.344 e. The van der Waals surface area contributed by atoms with E-state index in [1.54, 1.807) is 0 Å². The number of hydrogen-bond acceptors (Lipinski definition) is 5. The Bertz CT molecular complexity index is 566. The molecule has 106 valence electrons. The highest BCUT2D eigenvalue weighted by molar-refractivity contribution is 6.04. The monoisotopic (exact) mass is 279 g/mol. The molecule has 0 spiro atoms. The van der Waals surface area contributed by atoms with Crippen LogP contribution in [0.2, 0.25) is 0 Å². The molecule has 0 unspecified atom stereocenters. The van der Waals surface area contributed by atoms with Crippen molar-refractivity contribution >= 4 is 23.3 Å². The number of carbonyl (C=O) groups is 2. The van der Waals surface area contributed by atoms with Gasteiger partial charge >= 0.3 is 5.97 Å². The highest BCUT2D eigenvalue weighted by Crippen LogP contribution is 2.26. The van der Waals surface area contributed by atoms with Crippen LogP contribution in [0.15, 0.2) is 18.2 Å². The third kappa shape index (κ3) is 2.75. The SMILES string of the molecule is O=C(O)c1c(NC(=O)[C@@H]2CCCN2)cccc1[N+](=O)[O-]. The van der Waals surface area contributed by atoms with Gasteiger partial charge in [0.05, 0.1) is 16.7 Å². The summed E-state index contributed by atoms with van der Waals surface area (Å²) < 4.78 is 0. The molecule has 2 rings (SSSR count). The molecule has 3 N–H and O–H groups in total. The lowest BCUT2D eigenvalue weighted by Crippen LogP contribution is -2.35. The van der Waals surface area contributed by atoms with Crippen molar-refractivity contribution in [1.29, 1.82) is 0 Å². The number of carboxylic acids is 1. The molecule has 1 aromatic carbocycles. The summed E-state index contributed by atoms with van der Waals surface area (Å²) in [6.07, 6.45) is 1.52. The van der Waals surface area contributed by atoms with Crippen molar-refractivity contribution < 1.29 is 19.6 Å². The van der Waals surface area contributed by atoms with Crippen LogP contribution in [0.1, 0.15) is 23.2 Å². The van der Waals surface area contributed by atoms with E-state index in [0.717, 1.165) is 19.0 Å². The highest BCUT2D eigenvalue weighted by Gasteiger charge is 2.27. The molecule has 1 amide bonds. The summed E-state index contributed by atoms with van der Waals surface area (Å²) in [6, 6.07) is 3.37. The van der Waals surface area contributed by atoms with E-state index in [4.69, 9.17) is 5.11 Å². The fraction of sp³-hybridized carbons (Fsp3) is 0.333. The minimum atomic E-state index is -1.45. The van der Waals surface area contributed by atoms with Gasteiger partial charge in [0, 0.05) is 6.07 Å². The molecule has 0 bridgehead atoms. The molecule has 1 saturated heterocycles. The number of aromatic carboxylic acids is 1. The first kappa shape index (κ1) is 13.9. The number of nitrogens with zero attached hydrogens (tertiary/aromatic N) is 1. The molecule has 8 nitrogen and oxygen atoms in total. The van der Waals surface area contributed by atoms with E-state index in [1.165, 1.54) is 12.1 Å². The Kier molecular flexibility index (Phi) is 3.94. The van der Waals surface area contributed by atoms with Gasteiger partial charge in [-0.25, -0.2) is 4.79 Å². The van der Waals surface area contributed by atoms with Gasteiger partial charge in [-0.1, -0.05) is 6.07 Å². The van der Waals surface area contributed by atoms with E-state index in [1.807, 2.05) is 0 Å². The van der Waals surface area contributed by atoms with Crippen LogP contribution in [-0.4, -0.2) is 34.5 Å². The Morgan fingerprint density at radius 2 is 2.20 bits per heavy atom. The molecule has 0 aromatic heterocycles. The largest absolute Gasteiger partial charge is 0.477 e. The fourth-order valence-electron chi connectivity index (χ4n) is 2.15. The van der Waals surface area contributed by atoms with Crippen LogP contribution in [0.4, 0.5) is 11.4 Å². The van der Waals surface area contributed by atoms with E-state index < -0.39 is 28.2 Å². The third-order valence-corrected chi connectivity index (χ3v) is 3.09. The molecule has 1 aromatic rings. The number of rotatable bonds is 4. The summed E-state index contributed by atoms with van der Waals surface area (Å²) in [7, 11) is 0. The van der Waals surface area contributed by atoms with E-state index in [0.29, 0.717) is 6.42 Å². The average molecular weight is 279 g/mol. The fourth-order valence-corrected chi connectivity index (χ4v) is 2.15. The van der Waals surface area contributed by atoms with Crippen molar-refractivity contribution in [1.82, 2.24) is 5.32 Å². The topological polar surface area (TPSA) is 122 Å². The highest BCUT2D eigenvalue weighted by atomic mass is 16.6. The minimum absolute atomic E-state index is 0.0644. The first-order chi connectivity index (χ1) is 9.50. The quantitative estimate of drug-likeness (QED) is 0.558. The molecule has 0 saturated carbocycles. The van der Waals surface area contributed by atoms with Crippen LogP contribution in [0.25, 0.3) is 0 Å². The Morgan fingerprint density at radius 3 is 2.75 bits per heavy atom. The van der Waals surface area contributed by atoms with Crippen LogP contribution in [-0.2, 0) is 4.79 Å². The van der Waals surface area contributed by atoms with E-state index in [2.05, 4.69) is 10.6 Å². The Balaban J connectivity index is 2.31. The summed E-state index contributed by atoms with van der Waals surface area (Å²) in [6.45, 7) is 0.721. The second-order valence-corrected chi connectivity index (χ2v) is 4.40. The van der Waals surface area contributed by atoms with Crippen molar-refractivity contribution in [2.75, 3.05) is 11.9 Å². The second kappa shape index (κ2) is 5.66. The van der Waals surface area contributed by atoms with E-state index >= 15 is 0 Å². The van der Waals surface area contributed by atoms with Crippen LogP contribution < -0.4 is 10.6 Å². The van der Waals surface area contributed by atoms with Gasteiger partial charge in [0.2, 0.25) is 5.91 Å². The lowest BCUT2D eigenvalue weighted by molar-refractivity contribution is -0.385. The van der Waals surface area contributed by atoms with Gasteiger partial charge in [0.25, 0.3) is 5.69 Å². The van der Waals surface area contributed by atoms with E-state index in [-0.39, 0.29) is 11.6 Å². The molecule has 1 aliphatic rings. The van der Waals surface area contributed by atoms with Crippen molar-refractivity contribution in [2.45, 2.75) is 18.9 Å². The summed E-state index contributed by atoms with van der Waals surface area (Å²) in [5.41, 5.74) is -1.12. The van der Waals surface area contributed by atoms with Crippen LogP contribution in [0.3, 0.4) is 0 Å². The van der Waals surface area contributed by atoms with Crippen LogP contribution in [0.5, 0.6) is 0 Å². The summed E-state index contributed by atoms with van der Waals surface area (Å²) in [5.74, 6) is -1.84. The van der Waals surface area contributed by atoms with E-state index in [9.17, 15) is 19.7 Å².